The average molecular weight is 308 g/mol. The molecule has 0 aliphatic rings. The summed E-state index contributed by atoms with van der Waals surface area (Å²) < 4.78 is 7.03. The second kappa shape index (κ2) is 6.31. The molecule has 2 heterocycles. The summed E-state index contributed by atoms with van der Waals surface area (Å²) in [6.45, 7) is 3.58. The van der Waals surface area contributed by atoms with Crippen LogP contribution in [-0.4, -0.2) is 21.2 Å². The summed E-state index contributed by atoms with van der Waals surface area (Å²) in [5, 5.41) is 4.14. The number of carbonyl (C=O) groups is 1. The number of aromatic nitrogens is 2. The molecular weight excluding hydrogens is 292 g/mol. The molecule has 6 heteroatoms. The Morgan fingerprint density at radius 1 is 1.26 bits per heavy atom. The minimum absolute atomic E-state index is 0.286. The fourth-order valence-corrected chi connectivity index (χ4v) is 2.17. The van der Waals surface area contributed by atoms with Gasteiger partial charge in [-0.1, -0.05) is 12.1 Å². The molecule has 2 aromatic heterocycles. The van der Waals surface area contributed by atoms with E-state index in [1.165, 1.54) is 6.26 Å². The standard InChI is InChI=1S/C17H16N4O2/c1-12(19-20-17(22)16-7-10-23-13(16)2)14-3-5-15(6-4-14)21-9-8-18-11-21/h3-11H,1-2H3,(H,20,22)/b19-12+. The van der Waals surface area contributed by atoms with Gasteiger partial charge in [0, 0.05) is 18.1 Å². The molecular formula is C17H16N4O2. The molecule has 0 aliphatic carbocycles. The van der Waals surface area contributed by atoms with E-state index in [0.29, 0.717) is 11.3 Å². The van der Waals surface area contributed by atoms with Gasteiger partial charge in [0.05, 0.1) is 23.9 Å². The Balaban J connectivity index is 1.71. The third-order valence-corrected chi connectivity index (χ3v) is 3.52. The third-order valence-electron chi connectivity index (χ3n) is 3.52. The first-order valence-corrected chi connectivity index (χ1v) is 7.12. The van der Waals surface area contributed by atoms with Crippen molar-refractivity contribution in [3.8, 4) is 5.69 Å². The van der Waals surface area contributed by atoms with Gasteiger partial charge >= 0.3 is 0 Å². The molecule has 0 saturated heterocycles. The first kappa shape index (κ1) is 14.8. The van der Waals surface area contributed by atoms with Gasteiger partial charge in [0.25, 0.3) is 5.91 Å². The van der Waals surface area contributed by atoms with Crippen molar-refractivity contribution in [1.82, 2.24) is 15.0 Å². The Kier molecular flexibility index (Phi) is 4.05. The van der Waals surface area contributed by atoms with Crippen molar-refractivity contribution < 1.29 is 9.21 Å². The van der Waals surface area contributed by atoms with Crippen molar-refractivity contribution in [3.63, 3.8) is 0 Å². The molecule has 3 aromatic rings. The van der Waals surface area contributed by atoms with E-state index in [1.807, 2.05) is 42.0 Å². The number of rotatable bonds is 4. The number of furan rings is 1. The van der Waals surface area contributed by atoms with Gasteiger partial charge in [-0.05, 0) is 37.6 Å². The highest BCUT2D eigenvalue weighted by atomic mass is 16.3. The van der Waals surface area contributed by atoms with Crippen molar-refractivity contribution in [2.24, 2.45) is 5.10 Å². The number of hydrogen-bond acceptors (Lipinski definition) is 4. The molecule has 0 unspecified atom stereocenters. The topological polar surface area (TPSA) is 72.4 Å². The van der Waals surface area contributed by atoms with Crippen molar-refractivity contribution in [3.05, 3.63) is 72.2 Å². The van der Waals surface area contributed by atoms with E-state index in [9.17, 15) is 4.79 Å². The van der Waals surface area contributed by atoms with Crippen LogP contribution < -0.4 is 5.43 Å². The Labute approximate surface area is 133 Å². The molecule has 0 saturated carbocycles. The molecule has 6 nitrogen and oxygen atoms in total. The lowest BCUT2D eigenvalue weighted by Crippen LogP contribution is -2.19. The number of imidazole rings is 1. The molecule has 116 valence electrons. The normalized spacial score (nSPS) is 11.5. The molecule has 1 amide bonds. The van der Waals surface area contributed by atoms with Gasteiger partial charge < -0.3 is 8.98 Å². The van der Waals surface area contributed by atoms with E-state index in [0.717, 1.165) is 17.0 Å². The lowest BCUT2D eigenvalue weighted by molar-refractivity contribution is 0.0953. The molecule has 23 heavy (non-hydrogen) atoms. The number of hydrogen-bond donors (Lipinski definition) is 1. The summed E-state index contributed by atoms with van der Waals surface area (Å²) in [6.07, 6.45) is 6.83. The van der Waals surface area contributed by atoms with Crippen molar-refractivity contribution in [2.45, 2.75) is 13.8 Å². The van der Waals surface area contributed by atoms with Crippen LogP contribution in [0.25, 0.3) is 5.69 Å². The highest BCUT2D eigenvalue weighted by Crippen LogP contribution is 2.11. The molecule has 0 radical (unpaired) electrons. The SMILES string of the molecule is C/C(=N\NC(=O)c1ccoc1C)c1ccc(-n2ccnc2)cc1. The van der Waals surface area contributed by atoms with Crippen LogP contribution >= 0.6 is 0 Å². The number of nitrogens with one attached hydrogen (secondary N) is 1. The first-order valence-electron chi connectivity index (χ1n) is 7.12. The van der Waals surface area contributed by atoms with Gasteiger partial charge in [0.1, 0.15) is 5.76 Å². The zero-order valence-electron chi connectivity index (χ0n) is 12.9. The summed E-state index contributed by atoms with van der Waals surface area (Å²) in [7, 11) is 0. The largest absolute Gasteiger partial charge is 0.469 e. The number of nitrogens with zero attached hydrogens (tertiary/aromatic N) is 3. The number of hydrazone groups is 1. The molecule has 0 spiro atoms. The van der Waals surface area contributed by atoms with E-state index in [-0.39, 0.29) is 5.91 Å². The number of amides is 1. The van der Waals surface area contributed by atoms with E-state index in [4.69, 9.17) is 4.42 Å². The van der Waals surface area contributed by atoms with Crippen molar-refractivity contribution in [2.75, 3.05) is 0 Å². The lowest BCUT2D eigenvalue weighted by Gasteiger charge is -2.05. The maximum Gasteiger partial charge on any atom is 0.274 e. The summed E-state index contributed by atoms with van der Waals surface area (Å²) in [4.78, 5) is 16.0. The summed E-state index contributed by atoms with van der Waals surface area (Å²) in [5.41, 5.74) is 5.68. The van der Waals surface area contributed by atoms with Gasteiger partial charge in [-0.15, -0.1) is 0 Å². The molecule has 1 N–H and O–H groups in total. The van der Waals surface area contributed by atoms with Crippen molar-refractivity contribution >= 4 is 11.6 Å². The van der Waals surface area contributed by atoms with Gasteiger partial charge in [-0.3, -0.25) is 4.79 Å². The zero-order chi connectivity index (χ0) is 16.2. The maximum absolute atomic E-state index is 12.0. The highest BCUT2D eigenvalue weighted by molar-refractivity contribution is 6.01. The van der Waals surface area contributed by atoms with E-state index in [1.54, 1.807) is 25.5 Å². The van der Waals surface area contributed by atoms with Crippen molar-refractivity contribution in [1.29, 1.82) is 0 Å². The third kappa shape index (κ3) is 3.21. The number of benzene rings is 1. The smallest absolute Gasteiger partial charge is 0.274 e. The average Bonchev–Trinajstić information content (AvgIpc) is 3.24. The summed E-state index contributed by atoms with van der Waals surface area (Å²) >= 11 is 0. The van der Waals surface area contributed by atoms with Gasteiger partial charge in [0.2, 0.25) is 0 Å². The maximum atomic E-state index is 12.0. The van der Waals surface area contributed by atoms with Crippen LogP contribution in [0.4, 0.5) is 0 Å². The van der Waals surface area contributed by atoms with Gasteiger partial charge in [-0.2, -0.15) is 5.10 Å². The molecule has 0 fully saturated rings. The fourth-order valence-electron chi connectivity index (χ4n) is 2.17. The summed E-state index contributed by atoms with van der Waals surface area (Å²) in [6, 6.07) is 9.46. The Morgan fingerprint density at radius 2 is 2.04 bits per heavy atom. The highest BCUT2D eigenvalue weighted by Gasteiger charge is 2.10. The minimum atomic E-state index is -0.286. The zero-order valence-corrected chi connectivity index (χ0v) is 12.9. The molecule has 0 atom stereocenters. The Bertz CT molecular complexity index is 830. The molecule has 0 bridgehead atoms. The minimum Gasteiger partial charge on any atom is -0.469 e. The van der Waals surface area contributed by atoms with Crippen LogP contribution in [0.3, 0.4) is 0 Å². The monoisotopic (exact) mass is 308 g/mol. The summed E-state index contributed by atoms with van der Waals surface area (Å²) in [5.74, 6) is 0.283. The van der Waals surface area contributed by atoms with Crippen LogP contribution in [0.2, 0.25) is 0 Å². The number of aryl methyl sites for hydroxylation is 1. The molecule has 1 aromatic carbocycles. The number of carbonyl (C=O) groups excluding carboxylic acids is 1. The van der Waals surface area contributed by atoms with Crippen LogP contribution in [-0.2, 0) is 0 Å². The van der Waals surface area contributed by atoms with E-state index >= 15 is 0 Å². The molecule has 0 aliphatic heterocycles. The van der Waals surface area contributed by atoms with Gasteiger partial charge in [-0.25, -0.2) is 10.4 Å². The van der Waals surface area contributed by atoms with Crippen LogP contribution in [0, 0.1) is 6.92 Å². The first-order chi connectivity index (χ1) is 11.1. The predicted octanol–water partition coefficient (Wildman–Crippen LogP) is 2.93. The Hall–Kier alpha value is -3.15. The second-order valence-corrected chi connectivity index (χ2v) is 5.05. The van der Waals surface area contributed by atoms with Gasteiger partial charge in [0.15, 0.2) is 0 Å². The fraction of sp³-hybridized carbons (Fsp3) is 0.118. The Morgan fingerprint density at radius 3 is 2.65 bits per heavy atom. The van der Waals surface area contributed by atoms with Crippen LogP contribution in [0.1, 0.15) is 28.6 Å². The lowest BCUT2D eigenvalue weighted by atomic mass is 10.1. The predicted molar refractivity (Wildman–Crippen MR) is 86.7 cm³/mol. The van der Waals surface area contributed by atoms with E-state index < -0.39 is 0 Å². The van der Waals surface area contributed by atoms with Crippen LogP contribution in [0.15, 0.2) is 64.8 Å². The van der Waals surface area contributed by atoms with E-state index in [2.05, 4.69) is 15.5 Å². The second-order valence-electron chi connectivity index (χ2n) is 5.05. The molecule has 3 rings (SSSR count). The van der Waals surface area contributed by atoms with Crippen LogP contribution in [0.5, 0.6) is 0 Å². The quantitative estimate of drug-likeness (QED) is 0.595.